The molecule has 0 amide bonds. The van der Waals surface area contributed by atoms with Gasteiger partial charge in [-0.3, -0.25) is 47.9 Å². The summed E-state index contributed by atoms with van der Waals surface area (Å²) >= 11 is 0. The number of carbonyl (C=O) groups is 15. The van der Waals surface area contributed by atoms with Gasteiger partial charge in [-0.1, -0.05) is 0 Å². The van der Waals surface area contributed by atoms with Crippen LogP contribution in [0.2, 0.25) is 0 Å². The molecule has 338 valence electrons. The first kappa shape index (κ1) is 53.0. The lowest BCUT2D eigenvalue weighted by molar-refractivity contribution is -0.202. The summed E-state index contributed by atoms with van der Waals surface area (Å²) in [6.45, 7) is 0. The molecule has 0 bridgehead atoms. The Labute approximate surface area is 334 Å². The third kappa shape index (κ3) is 15.4. The Kier molecular flexibility index (Phi) is 17.9. The second-order valence-corrected chi connectivity index (χ2v) is 12.6. The lowest BCUT2D eigenvalue weighted by atomic mass is 9.91. The molecule has 0 saturated carbocycles. The van der Waals surface area contributed by atoms with Crippen LogP contribution >= 0.6 is 0 Å². The topological polar surface area (TPSA) is 536 Å². The van der Waals surface area contributed by atoms with Crippen LogP contribution in [0, 0.1) is 0 Å². The van der Waals surface area contributed by atoms with Gasteiger partial charge in [0.2, 0.25) is 22.4 Å². The molecule has 61 heavy (non-hydrogen) atoms. The number of rotatable bonds is 29. The van der Waals surface area contributed by atoms with Crippen LogP contribution in [0.4, 0.5) is 0 Å². The van der Waals surface area contributed by atoms with Gasteiger partial charge in [0.1, 0.15) is 0 Å². The molecule has 0 spiro atoms. The van der Waals surface area contributed by atoms with Crippen molar-refractivity contribution in [2.45, 2.75) is 92.2 Å². The third-order valence-corrected chi connectivity index (χ3v) is 7.55. The minimum absolute atomic E-state index is 1.76. The fourth-order valence-corrected chi connectivity index (χ4v) is 4.96. The zero-order valence-corrected chi connectivity index (χ0v) is 30.2. The van der Waals surface area contributed by atoms with E-state index < -0.39 is 182 Å². The van der Waals surface area contributed by atoms with Gasteiger partial charge in [-0.25, -0.2) is 24.0 Å². The molecule has 0 fully saturated rings. The lowest BCUT2D eigenvalue weighted by Crippen LogP contribution is -2.53. The fraction of sp³-hybridized carbons (Fsp3) is 0.500. The number of ether oxygens (including phenoxy) is 4. The summed E-state index contributed by atoms with van der Waals surface area (Å²) in [5, 5.41) is 113. The number of hydrogen-bond acceptors (Lipinski definition) is 20. The first-order valence-corrected chi connectivity index (χ1v) is 15.7. The van der Waals surface area contributed by atoms with E-state index in [2.05, 4.69) is 18.9 Å². The highest BCUT2D eigenvalue weighted by molar-refractivity contribution is 5.97. The van der Waals surface area contributed by atoms with E-state index in [1.165, 1.54) is 0 Å². The van der Waals surface area contributed by atoms with E-state index in [1.807, 2.05) is 0 Å². The van der Waals surface area contributed by atoms with Gasteiger partial charge in [-0.05, 0) is 0 Å². The quantitative estimate of drug-likeness (QED) is 0.0250. The van der Waals surface area contributed by atoms with Crippen molar-refractivity contribution in [2.24, 2.45) is 0 Å². The number of aliphatic hydroxyl groups is 1. The number of carboxylic acid groups (broad SMARTS) is 11. The van der Waals surface area contributed by atoms with Crippen molar-refractivity contribution in [1.29, 1.82) is 0 Å². The Balaban J connectivity index is 7.18. The van der Waals surface area contributed by atoms with E-state index in [-0.39, 0.29) is 0 Å². The maximum absolute atomic E-state index is 13.2. The van der Waals surface area contributed by atoms with Gasteiger partial charge in [0.15, 0.2) is 5.60 Å². The van der Waals surface area contributed by atoms with Gasteiger partial charge in [-0.2, -0.15) is 0 Å². The Bertz CT molecular complexity index is 1880. The summed E-state index contributed by atoms with van der Waals surface area (Å²) in [4.78, 5) is 181. The Morgan fingerprint density at radius 3 is 0.607 bits per heavy atom. The van der Waals surface area contributed by atoms with Crippen LogP contribution in [0.1, 0.15) is 64.2 Å². The molecular weight excluding hydrogens is 856 g/mol. The SMILES string of the molecule is O=C(O)CC(O)(CC(=O)OC(CC(=O)O)(CC(=O)OC(CC(=O)O)(CC(=O)OC(CC(=O)O)(CC(=O)OC(CC(=O)O)(CC(=O)O)C(=O)O)C(=O)O)C(=O)O)C(=O)O)C(=O)O. The van der Waals surface area contributed by atoms with Gasteiger partial charge < -0.3 is 80.2 Å². The van der Waals surface area contributed by atoms with E-state index in [0.29, 0.717) is 0 Å². The molecule has 0 aliphatic carbocycles. The minimum Gasteiger partial charge on any atom is -0.481 e. The molecule has 12 N–H and O–H groups in total. The Morgan fingerprint density at radius 2 is 0.443 bits per heavy atom. The molecule has 0 saturated heterocycles. The molecule has 4 unspecified atom stereocenters. The monoisotopic (exact) mass is 888 g/mol. The van der Waals surface area contributed by atoms with Crippen molar-refractivity contribution in [2.75, 3.05) is 0 Å². The molecule has 0 aliphatic rings. The summed E-state index contributed by atoms with van der Waals surface area (Å²) in [7, 11) is 0. The van der Waals surface area contributed by atoms with Gasteiger partial charge in [-0.15, -0.1) is 0 Å². The van der Waals surface area contributed by atoms with Crippen LogP contribution in [0.15, 0.2) is 0 Å². The molecule has 31 heteroatoms. The van der Waals surface area contributed by atoms with Crippen molar-refractivity contribution in [3.8, 4) is 0 Å². The fourth-order valence-electron chi connectivity index (χ4n) is 4.96. The zero-order valence-electron chi connectivity index (χ0n) is 30.2. The van der Waals surface area contributed by atoms with Crippen LogP contribution in [0.25, 0.3) is 0 Å². The number of carboxylic acids is 11. The van der Waals surface area contributed by atoms with Gasteiger partial charge in [0.05, 0.1) is 64.2 Å². The van der Waals surface area contributed by atoms with E-state index in [9.17, 15) is 113 Å². The highest BCUT2D eigenvalue weighted by atomic mass is 16.6. The lowest BCUT2D eigenvalue weighted by Gasteiger charge is -2.33. The minimum atomic E-state index is -3.96. The van der Waals surface area contributed by atoms with Crippen LogP contribution in [0.5, 0.6) is 0 Å². The third-order valence-electron chi connectivity index (χ3n) is 7.55. The number of carbonyl (C=O) groups excluding carboxylic acids is 4. The second kappa shape index (κ2) is 20.6. The Morgan fingerprint density at radius 1 is 0.262 bits per heavy atom. The molecule has 0 aliphatic heterocycles. The maximum Gasteiger partial charge on any atom is 0.349 e. The highest BCUT2D eigenvalue weighted by Crippen LogP contribution is 2.33. The van der Waals surface area contributed by atoms with Crippen LogP contribution in [-0.2, 0) is 90.9 Å². The normalized spacial score (nSPS) is 14.9. The molecular formula is C30H32O31. The van der Waals surface area contributed by atoms with Crippen molar-refractivity contribution < 1.29 is 152 Å². The molecule has 31 nitrogen and oxygen atoms in total. The van der Waals surface area contributed by atoms with E-state index in [4.69, 9.17) is 20.4 Å². The van der Waals surface area contributed by atoms with Crippen molar-refractivity contribution in [3.63, 3.8) is 0 Å². The maximum atomic E-state index is 13.2. The largest absolute Gasteiger partial charge is 0.481 e. The molecule has 0 radical (unpaired) electrons. The Hall–Kier alpha value is -7.99. The second-order valence-electron chi connectivity index (χ2n) is 12.6. The van der Waals surface area contributed by atoms with E-state index >= 15 is 0 Å². The molecule has 0 aromatic rings. The first-order valence-electron chi connectivity index (χ1n) is 15.7. The summed E-state index contributed by atoms with van der Waals surface area (Å²) in [6, 6.07) is 0. The molecule has 0 aromatic carbocycles. The summed E-state index contributed by atoms with van der Waals surface area (Å²) < 4.78 is 17.9. The predicted molar refractivity (Wildman–Crippen MR) is 170 cm³/mol. The molecule has 0 heterocycles. The van der Waals surface area contributed by atoms with Crippen LogP contribution < -0.4 is 0 Å². The van der Waals surface area contributed by atoms with E-state index in [0.717, 1.165) is 0 Å². The highest BCUT2D eigenvalue weighted by Gasteiger charge is 2.56. The molecule has 4 atom stereocenters. The van der Waals surface area contributed by atoms with Crippen molar-refractivity contribution >= 4 is 89.5 Å². The van der Waals surface area contributed by atoms with Gasteiger partial charge in [0.25, 0.3) is 0 Å². The average Bonchev–Trinajstić information content (AvgIpc) is 3.01. The number of hydrogen-bond donors (Lipinski definition) is 12. The van der Waals surface area contributed by atoms with Crippen LogP contribution in [-0.4, -0.2) is 179 Å². The van der Waals surface area contributed by atoms with Crippen molar-refractivity contribution in [1.82, 2.24) is 0 Å². The summed E-state index contributed by atoms with van der Waals surface area (Å²) in [5.41, 5.74) is -18.8. The van der Waals surface area contributed by atoms with Crippen molar-refractivity contribution in [3.05, 3.63) is 0 Å². The average molecular weight is 889 g/mol. The van der Waals surface area contributed by atoms with Crippen LogP contribution in [0.3, 0.4) is 0 Å². The standard InChI is InChI=1S/C30H32O31/c31-11(32)1-26(57,21(47)48)7-17(43)58-28(23(51)52,4-14(37)38)9-19(45)60-30(25(55)56,6-16(41)42)10-20(46)61-29(24(53)54,5-15(39)40)8-18(44)59-27(22(49)50,2-12(33)34)3-13(35)36/h57H,1-10H2,(H,31,32)(H,33,34)(H,35,36)(H,37,38)(H,39,40)(H,41,42)(H,47,48)(H,49,50)(H,51,52)(H,53,54)(H,55,56). The number of esters is 4. The smallest absolute Gasteiger partial charge is 0.349 e. The zero-order chi connectivity index (χ0) is 48.1. The van der Waals surface area contributed by atoms with Gasteiger partial charge >= 0.3 is 89.5 Å². The summed E-state index contributed by atoms with van der Waals surface area (Å²) in [6.07, 6.45) is -20.2. The molecule has 0 rings (SSSR count). The van der Waals surface area contributed by atoms with Gasteiger partial charge in [0, 0.05) is 0 Å². The first-order chi connectivity index (χ1) is 27.6. The number of aliphatic carboxylic acids is 11. The summed E-state index contributed by atoms with van der Waals surface area (Å²) in [5.74, 6) is -35.5. The van der Waals surface area contributed by atoms with E-state index in [1.54, 1.807) is 0 Å². The molecule has 0 aromatic heterocycles. The predicted octanol–water partition coefficient (Wildman–Crippen LogP) is -4.32.